The number of carbonyl (C=O) groups is 2. The van der Waals surface area contributed by atoms with Crippen LogP contribution in [0.15, 0.2) is 47.5 Å². The Bertz CT molecular complexity index is 1330. The van der Waals surface area contributed by atoms with Crippen LogP contribution in [-0.4, -0.2) is 53.8 Å². The summed E-state index contributed by atoms with van der Waals surface area (Å²) in [4.78, 5) is 32.9. The second-order valence-corrected chi connectivity index (χ2v) is 9.55. The topological polar surface area (TPSA) is 65.5 Å². The van der Waals surface area contributed by atoms with Crippen LogP contribution >= 0.6 is 11.8 Å². The first-order valence-electron chi connectivity index (χ1n) is 11.3. The molecule has 3 aromatic rings. The normalized spacial score (nSPS) is 18.2. The third-order valence-corrected chi connectivity index (χ3v) is 7.23. The van der Waals surface area contributed by atoms with Crippen LogP contribution < -0.4 is 10.2 Å². The summed E-state index contributed by atoms with van der Waals surface area (Å²) >= 11 is 0.888. The first-order valence-corrected chi connectivity index (χ1v) is 12.2. The van der Waals surface area contributed by atoms with Gasteiger partial charge in [-0.2, -0.15) is 0 Å². The number of fused-ring (bicyclic) bond motifs is 1. The second-order valence-electron chi connectivity index (χ2n) is 8.53. The number of anilines is 1. The van der Waals surface area contributed by atoms with Crippen LogP contribution in [0.1, 0.15) is 18.1 Å². The molecular formula is C26H25FN4O2S. The zero-order chi connectivity index (χ0) is 23.8. The Kier molecular flexibility index (Phi) is 6.10. The van der Waals surface area contributed by atoms with Gasteiger partial charge >= 0.3 is 0 Å². The van der Waals surface area contributed by atoms with Crippen molar-refractivity contribution >= 4 is 45.6 Å². The van der Waals surface area contributed by atoms with Gasteiger partial charge in [-0.1, -0.05) is 13.0 Å². The Morgan fingerprint density at radius 2 is 1.91 bits per heavy atom. The number of aryl methyl sites for hydroxylation is 1. The Hall–Kier alpha value is -3.23. The van der Waals surface area contributed by atoms with Crippen molar-refractivity contribution in [3.05, 3.63) is 64.4 Å². The van der Waals surface area contributed by atoms with Crippen LogP contribution in [-0.2, 0) is 4.79 Å². The molecule has 2 aliphatic heterocycles. The number of piperazine rings is 1. The highest BCUT2D eigenvalue weighted by atomic mass is 32.2. The Morgan fingerprint density at radius 3 is 2.59 bits per heavy atom. The third-order valence-electron chi connectivity index (χ3n) is 6.42. The number of carbonyl (C=O) groups excluding carboxylic acids is 2. The van der Waals surface area contributed by atoms with Crippen LogP contribution in [0.2, 0.25) is 0 Å². The highest BCUT2D eigenvalue weighted by Crippen LogP contribution is 2.34. The van der Waals surface area contributed by atoms with Gasteiger partial charge in [0.25, 0.3) is 11.1 Å². The molecule has 1 N–H and O–H groups in total. The lowest BCUT2D eigenvalue weighted by molar-refractivity contribution is -0.115. The van der Waals surface area contributed by atoms with Gasteiger partial charge in [-0.05, 0) is 83.9 Å². The molecule has 2 saturated heterocycles. The van der Waals surface area contributed by atoms with Gasteiger partial charge in [0.2, 0.25) is 0 Å². The molecule has 0 aliphatic carbocycles. The van der Waals surface area contributed by atoms with Crippen LogP contribution in [0.25, 0.3) is 28.1 Å². The summed E-state index contributed by atoms with van der Waals surface area (Å²) in [5.74, 6) is -0.628. The zero-order valence-electron chi connectivity index (χ0n) is 19.1. The molecule has 6 nitrogen and oxygen atoms in total. The number of hydrogen-bond acceptors (Lipinski definition) is 6. The fourth-order valence-electron chi connectivity index (χ4n) is 4.60. The zero-order valence-corrected chi connectivity index (χ0v) is 19.9. The molecule has 0 unspecified atom stereocenters. The minimum atomic E-state index is -0.392. The van der Waals surface area contributed by atoms with Crippen LogP contribution in [0, 0.1) is 12.7 Å². The Labute approximate surface area is 201 Å². The fraction of sp³-hybridized carbons (Fsp3) is 0.269. The molecule has 2 fully saturated rings. The average molecular weight is 477 g/mol. The van der Waals surface area contributed by atoms with Crippen molar-refractivity contribution in [1.29, 1.82) is 0 Å². The quantitative estimate of drug-likeness (QED) is 0.545. The van der Waals surface area contributed by atoms with E-state index in [0.29, 0.717) is 10.6 Å². The summed E-state index contributed by atoms with van der Waals surface area (Å²) in [6.45, 7) is 8.62. The van der Waals surface area contributed by atoms with Crippen molar-refractivity contribution in [2.75, 3.05) is 37.6 Å². The number of benzene rings is 2. The van der Waals surface area contributed by atoms with E-state index in [9.17, 15) is 9.59 Å². The molecule has 0 spiro atoms. The summed E-state index contributed by atoms with van der Waals surface area (Å²) in [5, 5.41) is 2.77. The van der Waals surface area contributed by atoms with Crippen molar-refractivity contribution in [2.24, 2.45) is 0 Å². The molecule has 174 valence electrons. The Morgan fingerprint density at radius 1 is 1.12 bits per heavy atom. The number of thioether (sulfide) groups is 1. The SMILES string of the molecule is CCN1CCN(c2ccc(-c3ccnc4c(C)cc(/C=C5\SC(=O)NC5=O)cc34)cc2F)CC1. The van der Waals surface area contributed by atoms with Crippen molar-refractivity contribution in [3.63, 3.8) is 0 Å². The number of hydrogen-bond donors (Lipinski definition) is 1. The van der Waals surface area contributed by atoms with Crippen molar-refractivity contribution in [2.45, 2.75) is 13.8 Å². The molecular weight excluding hydrogens is 451 g/mol. The number of imide groups is 1. The molecule has 34 heavy (non-hydrogen) atoms. The Balaban J connectivity index is 1.52. The molecule has 8 heteroatoms. The molecule has 1 aromatic heterocycles. The molecule has 3 heterocycles. The summed E-state index contributed by atoms with van der Waals surface area (Å²) in [6.07, 6.45) is 3.44. The fourth-order valence-corrected chi connectivity index (χ4v) is 5.29. The van der Waals surface area contributed by atoms with E-state index in [2.05, 4.69) is 27.0 Å². The predicted octanol–water partition coefficient (Wildman–Crippen LogP) is 4.82. The summed E-state index contributed by atoms with van der Waals surface area (Å²) in [5.41, 5.74) is 4.82. The lowest BCUT2D eigenvalue weighted by Gasteiger charge is -2.35. The van der Waals surface area contributed by atoms with Gasteiger partial charge in [0.05, 0.1) is 16.1 Å². The van der Waals surface area contributed by atoms with Crippen molar-refractivity contribution in [1.82, 2.24) is 15.2 Å². The maximum absolute atomic E-state index is 15.2. The van der Waals surface area contributed by atoms with E-state index in [1.165, 1.54) is 0 Å². The minimum absolute atomic E-state index is 0.236. The summed E-state index contributed by atoms with van der Waals surface area (Å²) in [7, 11) is 0. The standard InChI is InChI=1S/C26H25FN4O2S/c1-3-30-8-10-31(11-9-30)22-5-4-18(15-21(22)27)19-6-7-28-24-16(2)12-17(13-20(19)24)14-23-25(32)29-26(33)34-23/h4-7,12-15H,3,8-11H2,1-2H3,(H,29,32,33)/b23-14-. The van der Waals surface area contributed by atoms with Gasteiger partial charge in [0.15, 0.2) is 0 Å². The monoisotopic (exact) mass is 476 g/mol. The largest absolute Gasteiger partial charge is 0.367 e. The van der Waals surface area contributed by atoms with E-state index >= 15 is 4.39 Å². The first kappa shape index (κ1) is 22.6. The molecule has 0 saturated carbocycles. The predicted molar refractivity (Wildman–Crippen MR) is 135 cm³/mol. The number of rotatable bonds is 4. The van der Waals surface area contributed by atoms with Crippen LogP contribution in [0.4, 0.5) is 14.9 Å². The number of nitrogens with one attached hydrogen (secondary N) is 1. The van der Waals surface area contributed by atoms with E-state index in [1.54, 1.807) is 18.3 Å². The number of likely N-dealkylation sites (N-methyl/N-ethyl adjacent to an activating group) is 1. The van der Waals surface area contributed by atoms with E-state index in [4.69, 9.17) is 0 Å². The first-order chi connectivity index (χ1) is 16.4. The van der Waals surface area contributed by atoms with Gasteiger partial charge in [0, 0.05) is 37.8 Å². The molecule has 0 atom stereocenters. The van der Waals surface area contributed by atoms with Crippen molar-refractivity contribution < 1.29 is 14.0 Å². The number of halogens is 1. The smallest absolute Gasteiger partial charge is 0.290 e. The van der Waals surface area contributed by atoms with Crippen LogP contribution in [0.5, 0.6) is 0 Å². The lowest BCUT2D eigenvalue weighted by Crippen LogP contribution is -2.46. The number of aromatic nitrogens is 1. The average Bonchev–Trinajstić information content (AvgIpc) is 3.15. The molecule has 0 radical (unpaired) electrons. The highest BCUT2D eigenvalue weighted by Gasteiger charge is 2.25. The van der Waals surface area contributed by atoms with Gasteiger partial charge in [-0.15, -0.1) is 0 Å². The summed E-state index contributed by atoms with van der Waals surface area (Å²) < 4.78 is 15.2. The van der Waals surface area contributed by atoms with Gasteiger partial charge in [0.1, 0.15) is 5.82 Å². The molecule has 0 bridgehead atoms. The minimum Gasteiger partial charge on any atom is -0.367 e. The number of nitrogens with zero attached hydrogens (tertiary/aromatic N) is 3. The lowest BCUT2D eigenvalue weighted by atomic mass is 9.97. The summed E-state index contributed by atoms with van der Waals surface area (Å²) in [6, 6.07) is 11.2. The number of pyridine rings is 1. The van der Waals surface area contributed by atoms with Gasteiger partial charge in [-0.25, -0.2) is 4.39 Å². The maximum Gasteiger partial charge on any atom is 0.290 e. The maximum atomic E-state index is 15.2. The molecule has 5 rings (SSSR count). The van der Waals surface area contributed by atoms with Crippen molar-refractivity contribution in [3.8, 4) is 11.1 Å². The highest BCUT2D eigenvalue weighted by molar-refractivity contribution is 8.18. The van der Waals surface area contributed by atoms with Gasteiger partial charge in [-0.3, -0.25) is 19.9 Å². The third kappa shape index (κ3) is 4.31. The van der Waals surface area contributed by atoms with E-state index < -0.39 is 5.91 Å². The second kappa shape index (κ2) is 9.19. The van der Waals surface area contributed by atoms with E-state index in [1.807, 2.05) is 37.3 Å². The van der Waals surface area contributed by atoms with E-state index in [-0.39, 0.29) is 11.1 Å². The van der Waals surface area contributed by atoms with E-state index in [0.717, 1.165) is 77.6 Å². The molecule has 2 aromatic carbocycles. The molecule has 2 amide bonds. The molecule has 2 aliphatic rings. The van der Waals surface area contributed by atoms with Crippen LogP contribution in [0.3, 0.4) is 0 Å². The number of amides is 2. The van der Waals surface area contributed by atoms with Gasteiger partial charge < -0.3 is 9.80 Å².